The maximum atomic E-state index is 9.58. The number of para-hydroxylation sites is 1. The van der Waals surface area contributed by atoms with Crippen molar-refractivity contribution in [3.8, 4) is 5.75 Å². The van der Waals surface area contributed by atoms with Crippen LogP contribution in [0.4, 0.5) is 0 Å². The molecule has 5 heteroatoms. The van der Waals surface area contributed by atoms with E-state index in [0.29, 0.717) is 5.75 Å². The summed E-state index contributed by atoms with van der Waals surface area (Å²) < 4.78 is 9.33. The quantitative estimate of drug-likeness (QED) is 0.714. The van der Waals surface area contributed by atoms with E-state index >= 15 is 0 Å². The summed E-state index contributed by atoms with van der Waals surface area (Å²) in [6.45, 7) is 7.27. The second-order valence-electron chi connectivity index (χ2n) is 4.59. The molecule has 1 rings (SSSR count). The highest BCUT2D eigenvalue weighted by atomic mass is 31.2. The second kappa shape index (κ2) is 6.20. The second-order valence-corrected chi connectivity index (χ2v) is 6.26. The van der Waals surface area contributed by atoms with E-state index in [4.69, 9.17) is 9.79 Å². The van der Waals surface area contributed by atoms with E-state index in [1.165, 1.54) is 0 Å². The van der Waals surface area contributed by atoms with Gasteiger partial charge in [-0.3, -0.25) is 4.57 Å². The molecule has 0 aliphatic carbocycles. The van der Waals surface area contributed by atoms with Crippen molar-refractivity contribution < 1.29 is 19.5 Å². The molecule has 1 aromatic carbocycles. The Kier molecular flexibility index (Phi) is 5.89. The van der Waals surface area contributed by atoms with Crippen molar-refractivity contribution in [2.75, 3.05) is 6.66 Å². The molecule has 0 spiro atoms. The lowest BCUT2D eigenvalue weighted by molar-refractivity contribution is 0.381. The van der Waals surface area contributed by atoms with E-state index < -0.39 is 7.60 Å². The lowest BCUT2D eigenvalue weighted by Gasteiger charge is -2.23. The third-order valence-corrected chi connectivity index (χ3v) is 2.52. The minimum Gasteiger partial charge on any atom is -0.508 e. The Morgan fingerprint density at radius 3 is 2.00 bits per heavy atom. The van der Waals surface area contributed by atoms with Gasteiger partial charge >= 0.3 is 7.60 Å². The van der Waals surface area contributed by atoms with Crippen LogP contribution in [0.3, 0.4) is 0 Å². The normalized spacial score (nSPS) is 11.6. The summed E-state index contributed by atoms with van der Waals surface area (Å²) in [4.78, 5) is 15.3. The predicted molar refractivity (Wildman–Crippen MR) is 69.4 cm³/mol. The van der Waals surface area contributed by atoms with Gasteiger partial charge in [-0.2, -0.15) is 0 Å². The van der Waals surface area contributed by atoms with Crippen LogP contribution in [0.2, 0.25) is 0 Å². The predicted octanol–water partition coefficient (Wildman–Crippen LogP) is 2.87. The van der Waals surface area contributed by atoms with Gasteiger partial charge in [-0.15, -0.1) is 0 Å². The summed E-state index contributed by atoms with van der Waals surface area (Å²) in [6.07, 6.45) is 1.03. The number of phenols is 1. The number of aromatic hydroxyl groups is 1. The van der Waals surface area contributed by atoms with Crippen LogP contribution < -0.4 is 0 Å². The Bertz CT molecular complexity index is 387. The van der Waals surface area contributed by atoms with Crippen LogP contribution in [0.5, 0.6) is 5.75 Å². The van der Waals surface area contributed by atoms with Crippen LogP contribution in [0.15, 0.2) is 24.3 Å². The first-order chi connectivity index (χ1) is 7.58. The Labute approximate surface area is 102 Å². The molecule has 0 amide bonds. The first-order valence-electron chi connectivity index (χ1n) is 5.39. The van der Waals surface area contributed by atoms with E-state index in [2.05, 4.69) is 20.8 Å². The minimum absolute atomic E-state index is 0.0747. The van der Waals surface area contributed by atoms with Crippen LogP contribution in [-0.2, 0) is 9.98 Å². The first-order valence-corrected chi connectivity index (χ1v) is 7.45. The van der Waals surface area contributed by atoms with E-state index in [0.717, 1.165) is 18.6 Å². The van der Waals surface area contributed by atoms with Gasteiger partial charge < -0.3 is 14.9 Å². The monoisotopic (exact) mass is 260 g/mol. The zero-order valence-electron chi connectivity index (χ0n) is 10.7. The van der Waals surface area contributed by atoms with Crippen LogP contribution >= 0.6 is 7.60 Å². The van der Waals surface area contributed by atoms with Crippen LogP contribution in [0.25, 0.3) is 0 Å². The zero-order valence-corrected chi connectivity index (χ0v) is 11.6. The molecule has 1 aromatic rings. The zero-order chi connectivity index (χ0) is 13.7. The van der Waals surface area contributed by atoms with Gasteiger partial charge in [0.1, 0.15) is 5.75 Å². The number of rotatable bonds is 2. The fraction of sp³-hybridized carbons (Fsp3) is 0.500. The van der Waals surface area contributed by atoms with E-state index in [9.17, 15) is 9.67 Å². The van der Waals surface area contributed by atoms with Crippen molar-refractivity contribution in [1.82, 2.24) is 0 Å². The summed E-state index contributed by atoms with van der Waals surface area (Å²) in [5.74, 6) is 0.407. The molecule has 3 N–H and O–H groups in total. The van der Waals surface area contributed by atoms with Gasteiger partial charge in [-0.25, -0.2) is 0 Å². The number of hydrogen-bond acceptors (Lipinski definition) is 2. The number of benzene rings is 1. The Morgan fingerprint density at radius 1 is 1.24 bits per heavy atom. The SMILES string of the molecule is CCC(C)(C)c1ccccc1O.CP(=O)(O)O. The highest BCUT2D eigenvalue weighted by molar-refractivity contribution is 7.50. The lowest BCUT2D eigenvalue weighted by Crippen LogP contribution is -2.15. The Morgan fingerprint density at radius 2 is 1.65 bits per heavy atom. The van der Waals surface area contributed by atoms with Crippen LogP contribution in [0.1, 0.15) is 32.8 Å². The maximum Gasteiger partial charge on any atom is 0.322 e. The largest absolute Gasteiger partial charge is 0.508 e. The average Bonchev–Trinajstić information content (AvgIpc) is 2.15. The topological polar surface area (TPSA) is 77.8 Å². The summed E-state index contributed by atoms with van der Waals surface area (Å²) in [7, 11) is -3.64. The van der Waals surface area contributed by atoms with Crippen LogP contribution in [-0.4, -0.2) is 21.6 Å². The standard InChI is InChI=1S/C11H16O.CH5O3P/c1-4-11(2,3)9-7-5-6-8-10(9)12;1-5(2,3)4/h5-8,12H,4H2,1-3H3;1H3,(H2,2,3,4). The third kappa shape index (κ3) is 7.16. The molecule has 0 saturated heterocycles. The summed E-state index contributed by atoms with van der Waals surface area (Å²) in [5, 5.41) is 9.58. The van der Waals surface area contributed by atoms with Gasteiger partial charge in [-0.1, -0.05) is 39.0 Å². The molecular weight excluding hydrogens is 239 g/mol. The van der Waals surface area contributed by atoms with E-state index in [1.807, 2.05) is 18.2 Å². The minimum atomic E-state index is -3.64. The molecule has 0 aromatic heterocycles. The molecule has 0 atom stereocenters. The molecule has 0 radical (unpaired) electrons. The average molecular weight is 260 g/mol. The van der Waals surface area contributed by atoms with Crippen LogP contribution in [0, 0.1) is 0 Å². The lowest BCUT2D eigenvalue weighted by atomic mass is 9.82. The number of phenolic OH excluding ortho intramolecular Hbond substituents is 1. The number of hydrogen-bond donors (Lipinski definition) is 3. The van der Waals surface area contributed by atoms with Crippen molar-refractivity contribution in [1.29, 1.82) is 0 Å². The van der Waals surface area contributed by atoms with Crippen molar-refractivity contribution >= 4 is 7.60 Å². The van der Waals surface area contributed by atoms with Gasteiger partial charge in [0, 0.05) is 6.66 Å². The van der Waals surface area contributed by atoms with E-state index in [1.54, 1.807) is 6.07 Å². The summed E-state index contributed by atoms with van der Waals surface area (Å²) >= 11 is 0. The van der Waals surface area contributed by atoms with Crippen molar-refractivity contribution in [2.24, 2.45) is 0 Å². The van der Waals surface area contributed by atoms with Crippen molar-refractivity contribution in [3.63, 3.8) is 0 Å². The summed E-state index contributed by atoms with van der Waals surface area (Å²) in [6, 6.07) is 7.54. The highest BCUT2D eigenvalue weighted by Gasteiger charge is 2.20. The molecule has 0 fully saturated rings. The maximum absolute atomic E-state index is 9.58. The fourth-order valence-corrected chi connectivity index (χ4v) is 1.24. The first kappa shape index (κ1) is 16.2. The molecule has 0 aliphatic heterocycles. The summed E-state index contributed by atoms with van der Waals surface area (Å²) in [5.41, 5.74) is 1.11. The Hall–Kier alpha value is -0.830. The van der Waals surface area contributed by atoms with Gasteiger partial charge in [0.05, 0.1) is 0 Å². The van der Waals surface area contributed by atoms with Gasteiger partial charge in [0.25, 0.3) is 0 Å². The van der Waals surface area contributed by atoms with Gasteiger partial charge in [0.2, 0.25) is 0 Å². The smallest absolute Gasteiger partial charge is 0.322 e. The van der Waals surface area contributed by atoms with Crippen molar-refractivity contribution in [3.05, 3.63) is 29.8 Å². The Balaban J connectivity index is 0.000000437. The fourth-order valence-electron chi connectivity index (χ4n) is 1.24. The molecule has 0 unspecified atom stereocenters. The molecule has 0 bridgehead atoms. The van der Waals surface area contributed by atoms with Gasteiger partial charge in [0.15, 0.2) is 0 Å². The molecule has 17 heavy (non-hydrogen) atoms. The third-order valence-electron chi connectivity index (χ3n) is 2.52. The molecular formula is C12H21O4P. The molecule has 4 nitrogen and oxygen atoms in total. The molecule has 98 valence electrons. The van der Waals surface area contributed by atoms with Crippen molar-refractivity contribution in [2.45, 2.75) is 32.6 Å². The van der Waals surface area contributed by atoms with Gasteiger partial charge in [-0.05, 0) is 23.5 Å². The molecule has 0 saturated carbocycles. The highest BCUT2D eigenvalue weighted by Crippen LogP contribution is 2.32. The molecule has 0 aliphatic rings. The van der Waals surface area contributed by atoms with E-state index in [-0.39, 0.29) is 5.41 Å². The molecule has 0 heterocycles.